The summed E-state index contributed by atoms with van der Waals surface area (Å²) in [6, 6.07) is 12.9. The smallest absolute Gasteiger partial charge is 0.410 e. The van der Waals surface area contributed by atoms with E-state index >= 15 is 0 Å². The van der Waals surface area contributed by atoms with Crippen LogP contribution in [0.3, 0.4) is 0 Å². The van der Waals surface area contributed by atoms with Gasteiger partial charge in [0, 0.05) is 43.2 Å². The molecular formula is C26H31N3O5S. The number of amides is 2. The number of nitro groups is 1. The van der Waals surface area contributed by atoms with Crippen molar-refractivity contribution < 1.29 is 19.2 Å². The van der Waals surface area contributed by atoms with Crippen LogP contribution in [0.25, 0.3) is 6.08 Å². The van der Waals surface area contributed by atoms with E-state index in [9.17, 15) is 19.7 Å². The van der Waals surface area contributed by atoms with Crippen molar-refractivity contribution in [3.8, 4) is 0 Å². The normalized spacial score (nSPS) is 14.1. The van der Waals surface area contributed by atoms with Crippen LogP contribution >= 0.6 is 11.8 Å². The minimum absolute atomic E-state index is 0.000405. The van der Waals surface area contributed by atoms with Gasteiger partial charge in [-0.05, 0) is 49.1 Å². The molecule has 1 heterocycles. The molecule has 1 aliphatic heterocycles. The van der Waals surface area contributed by atoms with Crippen LogP contribution in [0.4, 0.5) is 10.5 Å². The first-order valence-electron chi connectivity index (χ1n) is 11.6. The van der Waals surface area contributed by atoms with Crippen molar-refractivity contribution in [3.63, 3.8) is 0 Å². The van der Waals surface area contributed by atoms with Crippen LogP contribution in [0.1, 0.15) is 44.7 Å². The van der Waals surface area contributed by atoms with Crippen LogP contribution < -0.4 is 0 Å². The lowest BCUT2D eigenvalue weighted by atomic mass is 10.0. The number of nitro benzene ring substituents is 1. The first-order chi connectivity index (χ1) is 16.7. The Morgan fingerprint density at radius 1 is 1.00 bits per heavy atom. The van der Waals surface area contributed by atoms with Crippen molar-refractivity contribution in [1.82, 2.24) is 9.80 Å². The van der Waals surface area contributed by atoms with Crippen molar-refractivity contribution in [1.29, 1.82) is 0 Å². The SMILES string of the molecule is CC(C)OC(=O)N1CCN(C(=O)/C=C/c2ccc(Sc3ccccc3C(C)C)c([N+](=O)[O-])c2)CC1. The molecule has 1 saturated heterocycles. The van der Waals surface area contributed by atoms with E-state index in [-0.39, 0.29) is 23.8 Å². The quantitative estimate of drug-likeness (QED) is 0.282. The Kier molecular flexibility index (Phi) is 8.92. The van der Waals surface area contributed by atoms with E-state index in [4.69, 9.17) is 4.74 Å². The zero-order valence-electron chi connectivity index (χ0n) is 20.5. The van der Waals surface area contributed by atoms with Crippen LogP contribution in [0.15, 0.2) is 58.3 Å². The summed E-state index contributed by atoms with van der Waals surface area (Å²) in [5.41, 5.74) is 1.71. The largest absolute Gasteiger partial charge is 0.447 e. The fourth-order valence-electron chi connectivity index (χ4n) is 3.69. The van der Waals surface area contributed by atoms with E-state index in [1.807, 2.05) is 24.3 Å². The molecule has 2 aromatic rings. The number of hydrogen-bond acceptors (Lipinski definition) is 6. The maximum absolute atomic E-state index is 12.6. The topological polar surface area (TPSA) is 93.0 Å². The molecule has 0 aromatic heterocycles. The minimum Gasteiger partial charge on any atom is -0.447 e. The molecule has 0 aliphatic carbocycles. The second kappa shape index (κ2) is 11.9. The molecule has 8 nitrogen and oxygen atoms in total. The Bertz CT molecular complexity index is 1110. The van der Waals surface area contributed by atoms with E-state index in [1.54, 1.807) is 41.9 Å². The van der Waals surface area contributed by atoms with Crippen LogP contribution in [0.2, 0.25) is 0 Å². The third-order valence-electron chi connectivity index (χ3n) is 5.55. The highest BCUT2D eigenvalue weighted by molar-refractivity contribution is 7.99. The maximum Gasteiger partial charge on any atom is 0.410 e. The summed E-state index contributed by atoms with van der Waals surface area (Å²) < 4.78 is 5.20. The second-order valence-electron chi connectivity index (χ2n) is 8.86. The van der Waals surface area contributed by atoms with Gasteiger partial charge in [-0.1, -0.05) is 49.9 Å². The number of benzene rings is 2. The lowest BCUT2D eigenvalue weighted by Gasteiger charge is -2.33. The van der Waals surface area contributed by atoms with E-state index < -0.39 is 4.92 Å². The standard InChI is InChI=1S/C26H31N3O5S/c1-18(2)21-7-5-6-8-23(21)35-24-11-9-20(17-22(24)29(32)33)10-12-25(30)27-13-15-28(16-14-27)26(31)34-19(3)4/h5-12,17-19H,13-16H2,1-4H3/b12-10+. The molecule has 2 amide bonds. The Labute approximate surface area is 210 Å². The van der Waals surface area contributed by atoms with Gasteiger partial charge in [-0.15, -0.1) is 0 Å². The van der Waals surface area contributed by atoms with Crippen LogP contribution in [-0.2, 0) is 9.53 Å². The highest BCUT2D eigenvalue weighted by Crippen LogP contribution is 2.39. The number of carbonyl (C=O) groups excluding carboxylic acids is 2. The monoisotopic (exact) mass is 497 g/mol. The first kappa shape index (κ1) is 26.3. The molecule has 9 heteroatoms. The van der Waals surface area contributed by atoms with Crippen molar-refractivity contribution in [2.45, 2.75) is 49.5 Å². The van der Waals surface area contributed by atoms with Gasteiger partial charge >= 0.3 is 6.09 Å². The van der Waals surface area contributed by atoms with Crippen LogP contribution in [-0.4, -0.2) is 59.0 Å². The molecule has 0 N–H and O–H groups in total. The molecule has 1 fully saturated rings. The highest BCUT2D eigenvalue weighted by Gasteiger charge is 2.24. The molecule has 35 heavy (non-hydrogen) atoms. The summed E-state index contributed by atoms with van der Waals surface area (Å²) >= 11 is 1.38. The van der Waals surface area contributed by atoms with E-state index in [0.717, 1.165) is 10.5 Å². The fraction of sp³-hybridized carbons (Fsp3) is 0.385. The van der Waals surface area contributed by atoms with Gasteiger partial charge in [0.1, 0.15) is 0 Å². The third kappa shape index (κ3) is 7.08. The molecule has 0 bridgehead atoms. The number of carbonyl (C=O) groups is 2. The summed E-state index contributed by atoms with van der Waals surface area (Å²) in [4.78, 5) is 40.8. The third-order valence-corrected chi connectivity index (χ3v) is 6.70. The van der Waals surface area contributed by atoms with Gasteiger partial charge < -0.3 is 14.5 Å². The number of hydrogen-bond donors (Lipinski definition) is 0. The molecule has 1 aliphatic rings. The molecule has 0 saturated carbocycles. The van der Waals surface area contributed by atoms with Gasteiger partial charge in [0.05, 0.1) is 15.9 Å². The van der Waals surface area contributed by atoms with Crippen molar-refractivity contribution in [2.75, 3.05) is 26.2 Å². The van der Waals surface area contributed by atoms with Crippen molar-refractivity contribution in [3.05, 3.63) is 69.8 Å². The van der Waals surface area contributed by atoms with Gasteiger partial charge in [-0.25, -0.2) is 4.79 Å². The van der Waals surface area contributed by atoms with Gasteiger partial charge in [0.15, 0.2) is 0 Å². The molecule has 2 aromatic carbocycles. The lowest BCUT2D eigenvalue weighted by Crippen LogP contribution is -2.50. The van der Waals surface area contributed by atoms with Gasteiger partial charge in [-0.3, -0.25) is 14.9 Å². The summed E-state index contributed by atoms with van der Waals surface area (Å²) in [7, 11) is 0. The molecule has 0 atom stereocenters. The molecular weight excluding hydrogens is 466 g/mol. The Balaban J connectivity index is 1.67. The van der Waals surface area contributed by atoms with Crippen molar-refractivity contribution in [2.24, 2.45) is 0 Å². The molecule has 0 unspecified atom stereocenters. The highest BCUT2D eigenvalue weighted by atomic mass is 32.2. The average Bonchev–Trinajstić information content (AvgIpc) is 2.83. The summed E-state index contributed by atoms with van der Waals surface area (Å²) in [5, 5.41) is 11.8. The molecule has 0 radical (unpaired) electrons. The molecule has 3 rings (SSSR count). The van der Waals surface area contributed by atoms with Gasteiger partial charge in [0.25, 0.3) is 5.69 Å². The second-order valence-corrected chi connectivity index (χ2v) is 9.94. The average molecular weight is 498 g/mol. The molecule has 186 valence electrons. The lowest BCUT2D eigenvalue weighted by molar-refractivity contribution is -0.387. The zero-order chi connectivity index (χ0) is 25.5. The predicted octanol–water partition coefficient (Wildman–Crippen LogP) is 5.57. The Hall–Kier alpha value is -3.33. The van der Waals surface area contributed by atoms with Crippen LogP contribution in [0.5, 0.6) is 0 Å². The van der Waals surface area contributed by atoms with E-state index in [0.29, 0.717) is 42.6 Å². The number of piperazine rings is 1. The minimum atomic E-state index is -0.394. The van der Waals surface area contributed by atoms with E-state index in [2.05, 4.69) is 13.8 Å². The van der Waals surface area contributed by atoms with Crippen molar-refractivity contribution >= 4 is 35.5 Å². The summed E-state index contributed by atoms with van der Waals surface area (Å²) in [6.07, 6.45) is 2.45. The van der Waals surface area contributed by atoms with E-state index in [1.165, 1.54) is 23.9 Å². The fourth-order valence-corrected chi connectivity index (χ4v) is 4.87. The Morgan fingerprint density at radius 3 is 2.29 bits per heavy atom. The predicted molar refractivity (Wildman–Crippen MR) is 137 cm³/mol. The van der Waals surface area contributed by atoms with Gasteiger partial charge in [-0.2, -0.15) is 0 Å². The number of ether oxygens (including phenoxy) is 1. The molecule has 0 spiro atoms. The number of rotatable bonds is 7. The summed E-state index contributed by atoms with van der Waals surface area (Å²) in [6.45, 7) is 9.39. The zero-order valence-corrected chi connectivity index (χ0v) is 21.3. The first-order valence-corrected chi connectivity index (χ1v) is 12.4. The Morgan fingerprint density at radius 2 is 1.66 bits per heavy atom. The number of nitrogens with zero attached hydrogens (tertiary/aromatic N) is 3. The summed E-state index contributed by atoms with van der Waals surface area (Å²) in [5.74, 6) is 0.0996. The maximum atomic E-state index is 12.6. The van der Waals surface area contributed by atoms with Gasteiger partial charge in [0.2, 0.25) is 5.91 Å². The van der Waals surface area contributed by atoms with Crippen LogP contribution in [0, 0.1) is 10.1 Å².